The van der Waals surface area contributed by atoms with Crippen LogP contribution in [-0.2, 0) is 11.8 Å². The molecule has 1 heterocycles. The molecule has 0 spiro atoms. The molecule has 0 bridgehead atoms. The second kappa shape index (κ2) is 6.79. The summed E-state index contributed by atoms with van der Waals surface area (Å²) < 4.78 is 3.02. The zero-order valence-corrected chi connectivity index (χ0v) is 11.0. The standard InChI is InChI=1S/C9H13N2O2S.BrH/c1-3-14-6-8(12)9(13)11-5-4-10(2)7-11;/h4-5,7H,3,6H2,1-2H3;1H/q+1;/p-1. The van der Waals surface area contributed by atoms with Crippen molar-refractivity contribution >= 4 is 23.5 Å². The van der Waals surface area contributed by atoms with Gasteiger partial charge in [0.05, 0.1) is 12.8 Å². The minimum absolute atomic E-state index is 0. The minimum atomic E-state index is -0.466. The monoisotopic (exact) mass is 292 g/mol. The summed E-state index contributed by atoms with van der Waals surface area (Å²) in [4.78, 5) is 22.8. The molecule has 0 aliphatic heterocycles. The quantitative estimate of drug-likeness (QED) is 0.447. The van der Waals surface area contributed by atoms with Crippen molar-refractivity contribution in [2.75, 3.05) is 11.5 Å². The zero-order valence-electron chi connectivity index (χ0n) is 8.64. The molecule has 0 amide bonds. The highest BCUT2D eigenvalue weighted by Crippen LogP contribution is 1.99. The van der Waals surface area contributed by atoms with Crippen LogP contribution in [0.2, 0.25) is 0 Å². The van der Waals surface area contributed by atoms with Crippen LogP contribution in [0.3, 0.4) is 0 Å². The van der Waals surface area contributed by atoms with Gasteiger partial charge in [-0.15, -0.1) is 0 Å². The molecule has 0 saturated heterocycles. The molecule has 1 aromatic heterocycles. The van der Waals surface area contributed by atoms with Gasteiger partial charge in [0.1, 0.15) is 12.4 Å². The molecule has 1 aromatic rings. The van der Waals surface area contributed by atoms with E-state index < -0.39 is 5.91 Å². The van der Waals surface area contributed by atoms with E-state index in [0.717, 1.165) is 5.75 Å². The predicted molar refractivity (Wildman–Crippen MR) is 54.2 cm³/mol. The first kappa shape index (κ1) is 14.4. The number of hydrogen-bond donors (Lipinski definition) is 0. The maximum atomic E-state index is 11.5. The molecule has 0 aliphatic carbocycles. The van der Waals surface area contributed by atoms with Gasteiger partial charge in [-0.25, -0.2) is 9.36 Å². The second-order valence-electron chi connectivity index (χ2n) is 2.85. The number of aryl methyl sites for hydroxylation is 1. The second-order valence-corrected chi connectivity index (χ2v) is 4.13. The molecule has 0 unspecified atom stereocenters. The molecule has 1 rings (SSSR count). The lowest BCUT2D eigenvalue weighted by molar-refractivity contribution is -0.670. The average molecular weight is 293 g/mol. The third-order valence-corrected chi connectivity index (χ3v) is 2.55. The Morgan fingerprint density at radius 2 is 2.13 bits per heavy atom. The van der Waals surface area contributed by atoms with Crippen molar-refractivity contribution in [3.8, 4) is 0 Å². The highest BCUT2D eigenvalue weighted by atomic mass is 79.9. The maximum absolute atomic E-state index is 11.5. The van der Waals surface area contributed by atoms with Gasteiger partial charge in [0.15, 0.2) is 0 Å². The van der Waals surface area contributed by atoms with E-state index >= 15 is 0 Å². The van der Waals surface area contributed by atoms with Crippen LogP contribution in [0.25, 0.3) is 0 Å². The van der Waals surface area contributed by atoms with Crippen LogP contribution in [0.1, 0.15) is 11.7 Å². The summed E-state index contributed by atoms with van der Waals surface area (Å²) in [5, 5.41) is 0. The lowest BCUT2D eigenvalue weighted by atomic mass is 10.4. The van der Waals surface area contributed by atoms with Crippen molar-refractivity contribution in [2.45, 2.75) is 6.92 Å². The van der Waals surface area contributed by atoms with Crippen LogP contribution < -0.4 is 21.5 Å². The van der Waals surface area contributed by atoms with E-state index in [1.54, 1.807) is 30.3 Å². The fraction of sp³-hybridized carbons (Fsp3) is 0.444. The first-order chi connectivity index (χ1) is 6.65. The summed E-state index contributed by atoms with van der Waals surface area (Å²) >= 11 is 1.46. The van der Waals surface area contributed by atoms with Crippen molar-refractivity contribution in [3.63, 3.8) is 0 Å². The Morgan fingerprint density at radius 3 is 2.60 bits per heavy atom. The molecule has 15 heavy (non-hydrogen) atoms. The molecule has 0 aromatic carbocycles. The molecule has 4 nitrogen and oxygen atoms in total. The third kappa shape index (κ3) is 4.17. The normalized spacial score (nSPS) is 9.47. The molecular formula is C9H13BrN2O2S. The van der Waals surface area contributed by atoms with Gasteiger partial charge in [0.2, 0.25) is 0 Å². The number of halogens is 1. The maximum Gasteiger partial charge on any atom is 0.382 e. The number of ketones is 1. The van der Waals surface area contributed by atoms with Crippen molar-refractivity contribution in [1.29, 1.82) is 0 Å². The average Bonchev–Trinajstić information content (AvgIpc) is 2.60. The van der Waals surface area contributed by atoms with E-state index in [0.29, 0.717) is 0 Å². The molecule has 0 saturated carbocycles. The molecule has 0 atom stereocenters. The number of Topliss-reactive ketones (excluding diaryl/α,β-unsaturated/α-hetero) is 1. The van der Waals surface area contributed by atoms with Gasteiger partial charge in [-0.05, 0) is 5.75 Å². The molecule has 84 valence electrons. The van der Waals surface area contributed by atoms with Gasteiger partial charge in [-0.2, -0.15) is 16.3 Å². The topological polar surface area (TPSA) is 43.0 Å². The van der Waals surface area contributed by atoms with Crippen LogP contribution in [0, 0.1) is 0 Å². The Kier molecular flexibility index (Phi) is 6.51. The van der Waals surface area contributed by atoms with Crippen LogP contribution in [0.5, 0.6) is 0 Å². The molecule has 0 aliphatic rings. The van der Waals surface area contributed by atoms with Gasteiger partial charge in [-0.1, -0.05) is 6.92 Å². The van der Waals surface area contributed by atoms with E-state index in [1.165, 1.54) is 16.3 Å². The number of nitrogens with zero attached hydrogens (tertiary/aromatic N) is 2. The smallest absolute Gasteiger partial charge is 0.382 e. The van der Waals surface area contributed by atoms with Crippen molar-refractivity contribution in [1.82, 2.24) is 4.57 Å². The number of rotatable bonds is 4. The van der Waals surface area contributed by atoms with E-state index in [1.807, 2.05) is 6.92 Å². The summed E-state index contributed by atoms with van der Waals surface area (Å²) in [5.74, 6) is 0.287. The summed E-state index contributed by atoms with van der Waals surface area (Å²) in [6, 6.07) is 0. The highest BCUT2D eigenvalue weighted by Gasteiger charge is 2.20. The van der Waals surface area contributed by atoms with Gasteiger partial charge in [-0.3, -0.25) is 4.79 Å². The molecule has 0 N–H and O–H groups in total. The molecule has 0 radical (unpaired) electrons. The van der Waals surface area contributed by atoms with E-state index in [-0.39, 0.29) is 28.5 Å². The van der Waals surface area contributed by atoms with Gasteiger partial charge in [0.25, 0.3) is 12.1 Å². The first-order valence-electron chi connectivity index (χ1n) is 4.33. The largest absolute Gasteiger partial charge is 1.00 e. The summed E-state index contributed by atoms with van der Waals surface area (Å²) in [5.41, 5.74) is 0. The van der Waals surface area contributed by atoms with Gasteiger partial charge in [0, 0.05) is 0 Å². The number of imidazole rings is 1. The summed E-state index contributed by atoms with van der Waals surface area (Å²) in [7, 11) is 1.80. The summed E-state index contributed by atoms with van der Waals surface area (Å²) in [6.45, 7) is 1.96. The highest BCUT2D eigenvalue weighted by molar-refractivity contribution is 8.00. The first-order valence-corrected chi connectivity index (χ1v) is 5.49. The van der Waals surface area contributed by atoms with Crippen molar-refractivity contribution in [3.05, 3.63) is 18.7 Å². The van der Waals surface area contributed by atoms with Crippen LogP contribution in [0.15, 0.2) is 18.7 Å². The predicted octanol–water partition coefficient (Wildman–Crippen LogP) is -2.72. The van der Waals surface area contributed by atoms with Crippen LogP contribution in [-0.4, -0.2) is 27.8 Å². The summed E-state index contributed by atoms with van der Waals surface area (Å²) in [6.07, 6.45) is 4.88. The van der Waals surface area contributed by atoms with E-state index in [9.17, 15) is 9.59 Å². The third-order valence-electron chi connectivity index (χ3n) is 1.68. The van der Waals surface area contributed by atoms with Crippen molar-refractivity contribution in [2.24, 2.45) is 7.05 Å². The molecule has 0 fully saturated rings. The van der Waals surface area contributed by atoms with Gasteiger partial charge < -0.3 is 17.0 Å². The lowest BCUT2D eigenvalue weighted by Crippen LogP contribution is -3.00. The molecule has 6 heteroatoms. The van der Waals surface area contributed by atoms with Crippen LogP contribution in [0.4, 0.5) is 0 Å². The number of thioether (sulfide) groups is 1. The number of carbonyl (C=O) groups is 2. The van der Waals surface area contributed by atoms with Crippen molar-refractivity contribution < 1.29 is 31.1 Å². The Hall–Kier alpha value is -0.620. The SMILES string of the molecule is CCSCC(=O)C(=O)n1cc[n+](C)c1.[Br-]. The Labute approximate surface area is 103 Å². The van der Waals surface area contributed by atoms with Crippen LogP contribution >= 0.6 is 11.8 Å². The fourth-order valence-electron chi connectivity index (χ4n) is 0.971. The van der Waals surface area contributed by atoms with E-state index in [2.05, 4.69) is 0 Å². The van der Waals surface area contributed by atoms with Gasteiger partial charge >= 0.3 is 5.91 Å². The number of aromatic nitrogens is 2. The number of carbonyl (C=O) groups excluding carboxylic acids is 2. The minimum Gasteiger partial charge on any atom is -1.00 e. The Balaban J connectivity index is 0.00000196. The zero-order chi connectivity index (χ0) is 10.6. The number of hydrogen-bond acceptors (Lipinski definition) is 3. The Morgan fingerprint density at radius 1 is 1.47 bits per heavy atom. The fourth-order valence-corrected chi connectivity index (χ4v) is 1.48. The lowest BCUT2D eigenvalue weighted by Gasteiger charge is -1.93. The van der Waals surface area contributed by atoms with E-state index in [4.69, 9.17) is 0 Å². The Bertz CT molecular complexity index is 352. The molecular weight excluding hydrogens is 280 g/mol.